The van der Waals surface area contributed by atoms with Crippen molar-refractivity contribution in [1.82, 2.24) is 9.97 Å². The van der Waals surface area contributed by atoms with Crippen LogP contribution in [0.4, 0.5) is 0 Å². The zero-order chi connectivity index (χ0) is 11.2. The molecule has 1 aromatic carbocycles. The molecule has 0 saturated carbocycles. The first-order chi connectivity index (χ1) is 6.88. The van der Waals surface area contributed by atoms with Gasteiger partial charge >= 0.3 is 0 Å². The largest absolute Gasteiger partial charge is 0.340 e. The molecule has 0 aliphatic carbocycles. The number of hydrogen-bond acceptors (Lipinski definition) is 1. The van der Waals surface area contributed by atoms with Crippen molar-refractivity contribution in [3.8, 4) is 0 Å². The first kappa shape index (κ1) is 10.5. The number of aryl methyl sites for hydroxylation is 1. The highest BCUT2D eigenvalue weighted by Crippen LogP contribution is 2.27. The van der Waals surface area contributed by atoms with Crippen molar-refractivity contribution in [3.05, 3.63) is 28.5 Å². The molecular weight excluding hydrogens is 208 g/mol. The van der Waals surface area contributed by atoms with E-state index in [2.05, 4.69) is 30.7 Å². The lowest BCUT2D eigenvalue weighted by Crippen LogP contribution is -2.12. The van der Waals surface area contributed by atoms with Crippen LogP contribution in [0.3, 0.4) is 0 Å². The van der Waals surface area contributed by atoms with Gasteiger partial charge in [-0.15, -0.1) is 0 Å². The van der Waals surface area contributed by atoms with Crippen LogP contribution in [-0.4, -0.2) is 9.97 Å². The van der Waals surface area contributed by atoms with Crippen molar-refractivity contribution >= 4 is 22.6 Å². The number of benzene rings is 1. The first-order valence-corrected chi connectivity index (χ1v) is 5.42. The second kappa shape index (κ2) is 3.24. The third-order valence-electron chi connectivity index (χ3n) is 2.40. The third kappa shape index (κ3) is 1.86. The Morgan fingerprint density at radius 1 is 1.27 bits per heavy atom. The number of fused-ring (bicyclic) bond motifs is 1. The van der Waals surface area contributed by atoms with Gasteiger partial charge in [0, 0.05) is 5.41 Å². The Balaban J connectivity index is 2.71. The average Bonchev–Trinajstić information content (AvgIpc) is 2.46. The van der Waals surface area contributed by atoms with Crippen LogP contribution in [0.5, 0.6) is 0 Å². The molecule has 0 saturated heterocycles. The Morgan fingerprint density at radius 3 is 2.53 bits per heavy atom. The monoisotopic (exact) mass is 222 g/mol. The fourth-order valence-corrected chi connectivity index (χ4v) is 1.87. The van der Waals surface area contributed by atoms with E-state index in [4.69, 9.17) is 11.6 Å². The molecule has 1 aromatic heterocycles. The van der Waals surface area contributed by atoms with Crippen molar-refractivity contribution < 1.29 is 0 Å². The van der Waals surface area contributed by atoms with Crippen molar-refractivity contribution in [3.63, 3.8) is 0 Å². The lowest BCUT2D eigenvalue weighted by Gasteiger charge is -2.13. The number of imidazole rings is 1. The lowest BCUT2D eigenvalue weighted by molar-refractivity contribution is 0.554. The van der Waals surface area contributed by atoms with E-state index in [1.54, 1.807) is 0 Å². The van der Waals surface area contributed by atoms with Gasteiger partial charge in [0.25, 0.3) is 0 Å². The molecule has 0 aliphatic rings. The number of nitrogens with one attached hydrogen (secondary N) is 1. The Kier molecular flexibility index (Phi) is 2.27. The maximum atomic E-state index is 6.15. The maximum Gasteiger partial charge on any atom is 0.112 e. The minimum absolute atomic E-state index is 0.0241. The number of aromatic amines is 1. The van der Waals surface area contributed by atoms with Crippen LogP contribution < -0.4 is 0 Å². The molecule has 15 heavy (non-hydrogen) atoms. The van der Waals surface area contributed by atoms with Gasteiger partial charge in [-0.1, -0.05) is 32.4 Å². The molecule has 0 aliphatic heterocycles. The molecule has 1 heterocycles. The molecule has 0 spiro atoms. The summed E-state index contributed by atoms with van der Waals surface area (Å²) < 4.78 is 0. The highest BCUT2D eigenvalue weighted by molar-refractivity contribution is 6.35. The van der Waals surface area contributed by atoms with Crippen molar-refractivity contribution in [1.29, 1.82) is 0 Å². The fourth-order valence-electron chi connectivity index (χ4n) is 1.56. The normalized spacial score (nSPS) is 12.3. The number of hydrogen-bond donors (Lipinski definition) is 1. The average molecular weight is 223 g/mol. The topological polar surface area (TPSA) is 28.7 Å². The van der Waals surface area contributed by atoms with E-state index in [-0.39, 0.29) is 5.41 Å². The van der Waals surface area contributed by atoms with Crippen LogP contribution in [-0.2, 0) is 5.41 Å². The Morgan fingerprint density at radius 2 is 1.93 bits per heavy atom. The quantitative estimate of drug-likeness (QED) is 0.721. The summed E-state index contributed by atoms with van der Waals surface area (Å²) in [6.07, 6.45) is 0. The number of halogens is 1. The van der Waals surface area contributed by atoms with Gasteiger partial charge in [0.2, 0.25) is 0 Å². The molecule has 0 fully saturated rings. The van der Waals surface area contributed by atoms with Gasteiger partial charge in [-0.2, -0.15) is 0 Å². The predicted molar refractivity (Wildman–Crippen MR) is 64.5 cm³/mol. The second-order valence-electron chi connectivity index (χ2n) is 4.98. The summed E-state index contributed by atoms with van der Waals surface area (Å²) in [4.78, 5) is 7.85. The van der Waals surface area contributed by atoms with E-state index >= 15 is 0 Å². The summed E-state index contributed by atoms with van der Waals surface area (Å²) >= 11 is 6.15. The zero-order valence-electron chi connectivity index (χ0n) is 9.48. The molecule has 0 atom stereocenters. The minimum atomic E-state index is 0.0241. The number of nitrogens with zero attached hydrogens (tertiary/aromatic N) is 1. The van der Waals surface area contributed by atoms with Gasteiger partial charge in [0.05, 0.1) is 16.1 Å². The first-order valence-electron chi connectivity index (χ1n) is 5.04. The summed E-state index contributed by atoms with van der Waals surface area (Å²) in [5.74, 6) is 0.977. The van der Waals surface area contributed by atoms with Crippen LogP contribution in [0.15, 0.2) is 12.1 Å². The molecular formula is C12H15ClN2. The van der Waals surface area contributed by atoms with Crippen LogP contribution in [0.1, 0.15) is 32.2 Å². The Hall–Kier alpha value is -1.02. The lowest BCUT2D eigenvalue weighted by atomic mass is 9.96. The van der Waals surface area contributed by atoms with E-state index in [9.17, 15) is 0 Å². The minimum Gasteiger partial charge on any atom is -0.340 e. The van der Waals surface area contributed by atoms with Crippen molar-refractivity contribution in [2.45, 2.75) is 33.1 Å². The van der Waals surface area contributed by atoms with E-state index < -0.39 is 0 Å². The van der Waals surface area contributed by atoms with Gasteiger partial charge in [-0.25, -0.2) is 4.98 Å². The molecule has 3 heteroatoms. The molecule has 1 N–H and O–H groups in total. The van der Waals surface area contributed by atoms with Gasteiger partial charge in [-0.05, 0) is 24.6 Å². The van der Waals surface area contributed by atoms with E-state index in [0.29, 0.717) is 0 Å². The molecule has 0 bridgehead atoms. The molecule has 0 unspecified atom stereocenters. The van der Waals surface area contributed by atoms with E-state index in [1.807, 2.05) is 19.1 Å². The molecule has 0 amide bonds. The van der Waals surface area contributed by atoms with Crippen molar-refractivity contribution in [2.75, 3.05) is 0 Å². The highest BCUT2D eigenvalue weighted by Gasteiger charge is 2.19. The van der Waals surface area contributed by atoms with Gasteiger partial charge in [0.15, 0.2) is 0 Å². The third-order valence-corrected chi connectivity index (χ3v) is 2.70. The van der Waals surface area contributed by atoms with Gasteiger partial charge in [0.1, 0.15) is 5.82 Å². The van der Waals surface area contributed by atoms with Crippen LogP contribution >= 0.6 is 11.6 Å². The Bertz CT molecular complexity index is 506. The van der Waals surface area contributed by atoms with Gasteiger partial charge < -0.3 is 4.98 Å². The van der Waals surface area contributed by atoms with Crippen molar-refractivity contribution in [2.24, 2.45) is 0 Å². The summed E-state index contributed by atoms with van der Waals surface area (Å²) in [6.45, 7) is 8.42. The standard InChI is InChI=1S/C12H15ClN2/c1-7-5-8(13)10-9(6-7)14-11(15-10)12(2,3)4/h5-6H,1-4H3,(H,14,15). The number of rotatable bonds is 0. The summed E-state index contributed by atoms with van der Waals surface area (Å²) in [5, 5.41) is 0.744. The molecule has 2 rings (SSSR count). The smallest absolute Gasteiger partial charge is 0.112 e. The zero-order valence-corrected chi connectivity index (χ0v) is 10.2. The Labute approximate surface area is 94.7 Å². The van der Waals surface area contributed by atoms with Crippen LogP contribution in [0.2, 0.25) is 5.02 Å². The number of aromatic nitrogens is 2. The highest BCUT2D eigenvalue weighted by atomic mass is 35.5. The number of H-pyrrole nitrogens is 1. The summed E-state index contributed by atoms with van der Waals surface area (Å²) in [6, 6.07) is 4.00. The summed E-state index contributed by atoms with van der Waals surface area (Å²) in [5.41, 5.74) is 3.05. The second-order valence-corrected chi connectivity index (χ2v) is 5.38. The van der Waals surface area contributed by atoms with Crippen LogP contribution in [0, 0.1) is 6.92 Å². The molecule has 2 aromatic rings. The fraction of sp³-hybridized carbons (Fsp3) is 0.417. The SMILES string of the molecule is Cc1cc(Cl)c2[nH]c(C(C)(C)C)nc2c1. The molecule has 2 nitrogen and oxygen atoms in total. The molecule has 80 valence electrons. The molecule has 0 radical (unpaired) electrons. The van der Waals surface area contributed by atoms with Crippen LogP contribution in [0.25, 0.3) is 11.0 Å². The van der Waals surface area contributed by atoms with Gasteiger partial charge in [-0.3, -0.25) is 0 Å². The maximum absolute atomic E-state index is 6.15. The predicted octanol–water partition coefficient (Wildman–Crippen LogP) is 3.82. The van der Waals surface area contributed by atoms with E-state index in [1.165, 1.54) is 0 Å². The summed E-state index contributed by atoms with van der Waals surface area (Å²) in [7, 11) is 0. The van der Waals surface area contributed by atoms with E-state index in [0.717, 1.165) is 27.4 Å².